The lowest BCUT2D eigenvalue weighted by atomic mass is 10.1. The Morgan fingerprint density at radius 3 is 2.82 bits per heavy atom. The van der Waals surface area contributed by atoms with Crippen LogP contribution < -0.4 is 4.90 Å². The maximum atomic E-state index is 12.3. The molecule has 0 radical (unpaired) electrons. The van der Waals surface area contributed by atoms with Crippen molar-refractivity contribution in [3.63, 3.8) is 0 Å². The Kier molecular flexibility index (Phi) is 5.16. The second kappa shape index (κ2) is 7.90. The van der Waals surface area contributed by atoms with Gasteiger partial charge < -0.3 is 9.15 Å². The normalized spacial score (nSPS) is 13.3. The quantitative estimate of drug-likeness (QED) is 0.613. The number of hydrogen-bond donors (Lipinski definition) is 0. The van der Waals surface area contributed by atoms with Crippen LogP contribution in [0.15, 0.2) is 64.1 Å². The molecule has 0 N–H and O–H groups in total. The molecular weight excluding hydrogens is 376 g/mol. The highest BCUT2D eigenvalue weighted by Crippen LogP contribution is 2.34. The maximum Gasteiger partial charge on any atom is 0.326 e. The standard InChI is InChI=1S/C21H18N2O4S/c1-14-6-8-15(9-7-14)21-22-16(12-27-21)11-26-20(25)10-23-17-4-2-3-5-18(17)28-13-19(23)24/h2-9,12H,10-11,13H2,1H3. The Morgan fingerprint density at radius 2 is 2.00 bits per heavy atom. The van der Waals surface area contributed by atoms with E-state index in [1.54, 1.807) is 0 Å². The first-order valence-electron chi connectivity index (χ1n) is 8.79. The van der Waals surface area contributed by atoms with Crippen LogP contribution in [0.3, 0.4) is 0 Å². The number of aryl methyl sites for hydroxylation is 1. The first-order chi connectivity index (χ1) is 13.6. The summed E-state index contributed by atoms with van der Waals surface area (Å²) in [5.74, 6) is 0.190. The SMILES string of the molecule is Cc1ccc(-c2nc(COC(=O)CN3C(=O)CSc4ccccc43)co2)cc1. The van der Waals surface area contributed by atoms with E-state index in [1.807, 2.05) is 55.5 Å². The van der Waals surface area contributed by atoms with E-state index in [0.29, 0.717) is 17.3 Å². The molecule has 28 heavy (non-hydrogen) atoms. The van der Waals surface area contributed by atoms with Gasteiger partial charge >= 0.3 is 5.97 Å². The van der Waals surface area contributed by atoms with Gasteiger partial charge in [0.25, 0.3) is 0 Å². The van der Waals surface area contributed by atoms with Gasteiger partial charge in [0, 0.05) is 10.5 Å². The number of nitrogens with zero attached hydrogens (tertiary/aromatic N) is 2. The van der Waals surface area contributed by atoms with E-state index in [9.17, 15) is 9.59 Å². The number of para-hydroxylation sites is 1. The lowest BCUT2D eigenvalue weighted by molar-refractivity contribution is -0.144. The molecule has 0 saturated heterocycles. The highest BCUT2D eigenvalue weighted by molar-refractivity contribution is 8.00. The number of benzene rings is 2. The van der Waals surface area contributed by atoms with Crippen LogP contribution in [0.25, 0.3) is 11.5 Å². The number of hydrogen-bond acceptors (Lipinski definition) is 6. The van der Waals surface area contributed by atoms with Crippen molar-refractivity contribution < 1.29 is 18.7 Å². The molecule has 1 aromatic heterocycles. The molecule has 2 aromatic carbocycles. The van der Waals surface area contributed by atoms with Crippen molar-refractivity contribution in [3.05, 3.63) is 66.1 Å². The number of anilines is 1. The Balaban J connectivity index is 1.38. The van der Waals surface area contributed by atoms with Crippen LogP contribution in [0.2, 0.25) is 0 Å². The number of esters is 1. The van der Waals surface area contributed by atoms with Crippen molar-refractivity contribution in [2.75, 3.05) is 17.2 Å². The molecule has 4 rings (SSSR count). The number of carbonyl (C=O) groups excluding carboxylic acids is 2. The van der Waals surface area contributed by atoms with E-state index in [1.165, 1.54) is 22.9 Å². The van der Waals surface area contributed by atoms with Gasteiger partial charge in [0.2, 0.25) is 11.8 Å². The summed E-state index contributed by atoms with van der Waals surface area (Å²) in [7, 11) is 0. The van der Waals surface area contributed by atoms with E-state index in [0.717, 1.165) is 21.7 Å². The summed E-state index contributed by atoms with van der Waals surface area (Å²) in [5.41, 5.74) is 3.27. The lowest BCUT2D eigenvalue weighted by Crippen LogP contribution is -2.39. The average molecular weight is 394 g/mol. The predicted octanol–water partition coefficient (Wildman–Crippen LogP) is 3.83. The van der Waals surface area contributed by atoms with Crippen molar-refractivity contribution in [2.45, 2.75) is 18.4 Å². The zero-order valence-electron chi connectivity index (χ0n) is 15.3. The van der Waals surface area contributed by atoms with Gasteiger partial charge in [0.05, 0.1) is 11.4 Å². The summed E-state index contributed by atoms with van der Waals surface area (Å²) < 4.78 is 10.8. The first kappa shape index (κ1) is 18.3. The van der Waals surface area contributed by atoms with Crippen molar-refractivity contribution in [2.24, 2.45) is 0 Å². The molecule has 0 unspecified atom stereocenters. The molecule has 0 spiro atoms. The molecule has 0 fully saturated rings. The van der Waals surface area contributed by atoms with Crippen LogP contribution >= 0.6 is 11.8 Å². The fourth-order valence-electron chi connectivity index (χ4n) is 2.86. The minimum atomic E-state index is -0.491. The first-order valence-corrected chi connectivity index (χ1v) is 9.78. The molecule has 3 aromatic rings. The Hall–Kier alpha value is -3.06. The summed E-state index contributed by atoms with van der Waals surface area (Å²) >= 11 is 1.47. The van der Waals surface area contributed by atoms with Crippen LogP contribution in [0.5, 0.6) is 0 Å². The molecule has 0 bridgehead atoms. The minimum Gasteiger partial charge on any atom is -0.458 e. The third kappa shape index (κ3) is 3.94. The molecule has 0 saturated carbocycles. The molecule has 6 nitrogen and oxygen atoms in total. The lowest BCUT2D eigenvalue weighted by Gasteiger charge is -2.27. The van der Waals surface area contributed by atoms with Crippen molar-refractivity contribution >= 4 is 29.3 Å². The summed E-state index contributed by atoms with van der Waals surface area (Å²) in [5, 5.41) is 0. The summed E-state index contributed by atoms with van der Waals surface area (Å²) in [6, 6.07) is 15.3. The number of fused-ring (bicyclic) bond motifs is 1. The molecule has 1 amide bonds. The van der Waals surface area contributed by atoms with Gasteiger partial charge in [0.1, 0.15) is 25.1 Å². The molecular formula is C21H18N2O4S. The monoisotopic (exact) mass is 394 g/mol. The van der Waals surface area contributed by atoms with Crippen molar-refractivity contribution in [1.29, 1.82) is 0 Å². The average Bonchev–Trinajstić information content (AvgIpc) is 3.18. The smallest absolute Gasteiger partial charge is 0.326 e. The van der Waals surface area contributed by atoms with Crippen LogP contribution in [0.4, 0.5) is 5.69 Å². The Labute approximate surface area is 166 Å². The van der Waals surface area contributed by atoms with Crippen LogP contribution in [0.1, 0.15) is 11.3 Å². The van der Waals surface area contributed by atoms with Gasteiger partial charge in [-0.15, -0.1) is 11.8 Å². The molecule has 1 aliphatic rings. The van der Waals surface area contributed by atoms with Gasteiger partial charge in [-0.3, -0.25) is 14.5 Å². The fraction of sp³-hybridized carbons (Fsp3) is 0.190. The molecule has 7 heteroatoms. The number of rotatable bonds is 5. The van der Waals surface area contributed by atoms with Gasteiger partial charge in [-0.05, 0) is 31.2 Å². The predicted molar refractivity (Wildman–Crippen MR) is 106 cm³/mol. The van der Waals surface area contributed by atoms with E-state index in [2.05, 4.69) is 4.98 Å². The topological polar surface area (TPSA) is 72.6 Å². The summed E-state index contributed by atoms with van der Waals surface area (Å²) in [6.07, 6.45) is 1.47. The highest BCUT2D eigenvalue weighted by Gasteiger charge is 2.26. The molecule has 1 aliphatic heterocycles. The molecule has 0 aliphatic carbocycles. The van der Waals surface area contributed by atoms with Crippen molar-refractivity contribution in [3.8, 4) is 11.5 Å². The number of carbonyl (C=O) groups is 2. The van der Waals surface area contributed by atoms with Crippen molar-refractivity contribution in [1.82, 2.24) is 4.98 Å². The second-order valence-corrected chi connectivity index (χ2v) is 7.42. The van der Waals surface area contributed by atoms with E-state index >= 15 is 0 Å². The number of thioether (sulfide) groups is 1. The summed E-state index contributed by atoms with van der Waals surface area (Å²) in [4.78, 5) is 31.3. The number of aromatic nitrogens is 1. The number of ether oxygens (including phenoxy) is 1. The van der Waals surface area contributed by atoms with E-state index in [-0.39, 0.29) is 19.1 Å². The fourth-order valence-corrected chi connectivity index (χ4v) is 3.79. The van der Waals surface area contributed by atoms with Gasteiger partial charge in [-0.1, -0.05) is 29.8 Å². The third-order valence-corrected chi connectivity index (χ3v) is 5.37. The van der Waals surface area contributed by atoms with Crippen LogP contribution in [-0.2, 0) is 20.9 Å². The van der Waals surface area contributed by atoms with Crippen LogP contribution in [-0.4, -0.2) is 29.2 Å². The van der Waals surface area contributed by atoms with Gasteiger partial charge in [-0.2, -0.15) is 0 Å². The Bertz CT molecular complexity index is 1010. The largest absolute Gasteiger partial charge is 0.458 e. The second-order valence-electron chi connectivity index (χ2n) is 6.41. The third-order valence-electron chi connectivity index (χ3n) is 4.33. The minimum absolute atomic E-state index is 0.00732. The van der Waals surface area contributed by atoms with Crippen LogP contribution in [0, 0.1) is 6.92 Å². The molecule has 142 valence electrons. The Morgan fingerprint density at radius 1 is 1.21 bits per heavy atom. The highest BCUT2D eigenvalue weighted by atomic mass is 32.2. The number of oxazole rings is 1. The summed E-state index contributed by atoms with van der Waals surface area (Å²) in [6.45, 7) is 1.88. The maximum absolute atomic E-state index is 12.3. The zero-order chi connectivity index (χ0) is 19.5. The zero-order valence-corrected chi connectivity index (χ0v) is 16.1. The molecule has 0 atom stereocenters. The van der Waals surface area contributed by atoms with Gasteiger partial charge in [0.15, 0.2) is 0 Å². The van der Waals surface area contributed by atoms with Gasteiger partial charge in [-0.25, -0.2) is 4.98 Å². The van der Waals surface area contributed by atoms with E-state index < -0.39 is 5.97 Å². The number of amides is 1. The van der Waals surface area contributed by atoms with E-state index in [4.69, 9.17) is 9.15 Å². The molecule has 2 heterocycles.